The first-order valence-corrected chi connectivity index (χ1v) is 13.5. The zero-order valence-electron chi connectivity index (χ0n) is 16.8. The summed E-state index contributed by atoms with van der Waals surface area (Å²) < 4.78 is 1.11. The Balaban J connectivity index is 1.89. The Morgan fingerprint density at radius 3 is 2.90 bits per heavy atom. The van der Waals surface area contributed by atoms with Crippen molar-refractivity contribution in [1.29, 1.82) is 0 Å². The van der Waals surface area contributed by atoms with Crippen LogP contribution in [0.25, 0.3) is 0 Å². The van der Waals surface area contributed by atoms with E-state index in [1.807, 2.05) is 23.6 Å². The number of aliphatic hydroxyl groups is 2. The normalized spacial score (nSPS) is 25.3. The molecule has 1 unspecified atom stereocenters. The van der Waals surface area contributed by atoms with Crippen molar-refractivity contribution in [2.75, 3.05) is 11.5 Å². The van der Waals surface area contributed by atoms with Gasteiger partial charge in [0.25, 0.3) is 0 Å². The van der Waals surface area contributed by atoms with Crippen LogP contribution in [0.4, 0.5) is 0 Å². The Bertz CT molecular complexity index is 748. The van der Waals surface area contributed by atoms with Gasteiger partial charge in [0, 0.05) is 0 Å². The van der Waals surface area contributed by atoms with E-state index < -0.39 is 18.2 Å². The molecule has 0 amide bonds. The first kappa shape index (κ1) is 25.9. The third-order valence-electron chi connectivity index (χ3n) is 4.94. The maximum atomic E-state index is 10.5. The summed E-state index contributed by atoms with van der Waals surface area (Å²) in [5.41, 5.74) is 0. The summed E-state index contributed by atoms with van der Waals surface area (Å²) in [6, 6.07) is 2.11. The summed E-state index contributed by atoms with van der Waals surface area (Å²) in [6.07, 6.45) is 6.78. The molecule has 4 nitrogen and oxygen atoms in total. The van der Waals surface area contributed by atoms with Crippen LogP contribution in [0.3, 0.4) is 0 Å². The predicted octanol–water partition coefficient (Wildman–Crippen LogP) is 4.07. The second-order valence-corrected chi connectivity index (χ2v) is 11.5. The van der Waals surface area contributed by atoms with Crippen LogP contribution in [0.15, 0.2) is 34.2 Å². The number of carbonyl (C=O) groups is 1. The molecule has 0 saturated heterocycles. The molecule has 1 fully saturated rings. The first-order chi connectivity index (χ1) is 14.3. The summed E-state index contributed by atoms with van der Waals surface area (Å²) in [6.45, 7) is 2.07. The summed E-state index contributed by atoms with van der Waals surface area (Å²) >= 11 is 8.14. The van der Waals surface area contributed by atoms with Crippen molar-refractivity contribution >= 4 is 70.2 Å². The van der Waals surface area contributed by atoms with Crippen LogP contribution in [-0.2, 0) is 11.2 Å². The summed E-state index contributed by atoms with van der Waals surface area (Å²) in [7, 11) is 5.81. The van der Waals surface area contributed by atoms with Gasteiger partial charge in [-0.05, 0) is 0 Å². The molecule has 5 atom stereocenters. The molecule has 0 bridgehead atoms. The van der Waals surface area contributed by atoms with E-state index in [1.165, 1.54) is 21.5 Å². The van der Waals surface area contributed by atoms with E-state index in [0.717, 1.165) is 10.9 Å². The SMILES string of the molecule is [B]=C[C@@H]1CC(O)[C@H](S/C=C\CSCC(=O)O)[C@H]1/C=C/[C@@H](O)CCc1cc(Br)c(C)s1. The van der Waals surface area contributed by atoms with Gasteiger partial charge in [-0.3, -0.25) is 0 Å². The van der Waals surface area contributed by atoms with Crippen LogP contribution in [0.1, 0.15) is 22.6 Å². The van der Waals surface area contributed by atoms with E-state index in [4.69, 9.17) is 12.6 Å². The number of allylic oxidation sites excluding steroid dienone is 1. The summed E-state index contributed by atoms with van der Waals surface area (Å²) in [4.78, 5) is 13.0. The Morgan fingerprint density at radius 2 is 2.27 bits per heavy atom. The minimum absolute atomic E-state index is 0.0408. The van der Waals surface area contributed by atoms with Gasteiger partial charge in [0.15, 0.2) is 0 Å². The molecular formula is C21H27BBrO4S3. The Kier molecular flexibility index (Phi) is 11.5. The minimum atomic E-state index is -0.820. The number of aryl methyl sites for hydroxylation is 2. The fraction of sp³-hybridized carbons (Fsp3) is 0.524. The van der Waals surface area contributed by atoms with Gasteiger partial charge in [-0.25, -0.2) is 0 Å². The van der Waals surface area contributed by atoms with E-state index in [9.17, 15) is 15.0 Å². The average Bonchev–Trinajstić information content (AvgIpc) is 3.19. The van der Waals surface area contributed by atoms with Crippen LogP contribution in [-0.4, -0.2) is 63.7 Å². The van der Waals surface area contributed by atoms with Crippen LogP contribution >= 0.6 is 50.8 Å². The number of hydrogen-bond acceptors (Lipinski definition) is 6. The number of carboxylic acids is 1. The Labute approximate surface area is 200 Å². The van der Waals surface area contributed by atoms with Gasteiger partial charge in [0.1, 0.15) is 0 Å². The fourth-order valence-corrected chi connectivity index (χ4v) is 6.81. The zero-order valence-corrected chi connectivity index (χ0v) is 20.9. The predicted molar refractivity (Wildman–Crippen MR) is 135 cm³/mol. The van der Waals surface area contributed by atoms with Gasteiger partial charge < -0.3 is 0 Å². The molecule has 2 rings (SSSR count). The Morgan fingerprint density at radius 1 is 1.50 bits per heavy atom. The molecule has 9 heteroatoms. The van der Waals surface area contributed by atoms with E-state index >= 15 is 0 Å². The third kappa shape index (κ3) is 8.32. The number of thiophene rings is 1. The maximum absolute atomic E-state index is 10.5. The Hall–Kier alpha value is -0.315. The molecule has 1 radical (unpaired) electrons. The monoisotopic (exact) mass is 529 g/mol. The zero-order chi connectivity index (χ0) is 22.1. The van der Waals surface area contributed by atoms with Crippen molar-refractivity contribution in [1.82, 2.24) is 0 Å². The molecular weight excluding hydrogens is 503 g/mol. The molecule has 30 heavy (non-hydrogen) atoms. The van der Waals surface area contributed by atoms with E-state index in [0.29, 0.717) is 18.6 Å². The summed E-state index contributed by atoms with van der Waals surface area (Å²) in [5.74, 6) is 1.62. The number of aliphatic carboxylic acids is 1. The van der Waals surface area contributed by atoms with E-state index in [-0.39, 0.29) is 22.8 Å². The second-order valence-electron chi connectivity index (χ2n) is 7.23. The van der Waals surface area contributed by atoms with Crippen molar-refractivity contribution < 1.29 is 20.1 Å². The van der Waals surface area contributed by atoms with Crippen LogP contribution in [0.2, 0.25) is 0 Å². The third-order valence-corrected chi connectivity index (χ3v) is 9.30. The summed E-state index contributed by atoms with van der Waals surface area (Å²) in [5, 5.41) is 31.4. The number of aliphatic hydroxyl groups excluding tert-OH is 2. The van der Waals surface area contributed by atoms with Crippen molar-refractivity contribution in [3.05, 3.63) is 43.9 Å². The number of carboxylic acid groups (broad SMARTS) is 1. The van der Waals surface area contributed by atoms with Gasteiger partial charge in [-0.1, -0.05) is 0 Å². The standard InChI is InChI=1S/C21H27BBrO4S3/c1-13-18(23)10-16(30-13)5-3-15(24)4-6-17-14(11-22)9-19(25)21(17)29-8-2-7-28-12-20(26)27/h2,4,6,8,10-11,14-15,17,19,21,24-25H,3,5,7,9,12H2,1H3,(H,26,27)/b6-4+,8-2-/t14-,15-,17-,19?,21+/m0/s1. The molecule has 0 aromatic carbocycles. The molecule has 0 aliphatic heterocycles. The van der Waals surface area contributed by atoms with Gasteiger partial charge in [-0.15, -0.1) is 0 Å². The second kappa shape index (κ2) is 13.3. The number of rotatable bonds is 12. The molecule has 3 N–H and O–H groups in total. The topological polar surface area (TPSA) is 77.8 Å². The molecule has 1 heterocycles. The van der Waals surface area contributed by atoms with Crippen LogP contribution in [0.5, 0.6) is 0 Å². The first-order valence-electron chi connectivity index (χ1n) is 9.76. The van der Waals surface area contributed by atoms with Crippen molar-refractivity contribution in [2.45, 2.75) is 43.6 Å². The average molecular weight is 530 g/mol. The van der Waals surface area contributed by atoms with E-state index in [1.54, 1.807) is 29.1 Å². The van der Waals surface area contributed by atoms with Crippen molar-refractivity contribution in [2.24, 2.45) is 11.8 Å². The van der Waals surface area contributed by atoms with Gasteiger partial charge in [0.2, 0.25) is 0 Å². The van der Waals surface area contributed by atoms with Crippen molar-refractivity contribution in [3.63, 3.8) is 0 Å². The molecule has 1 aliphatic rings. The fourth-order valence-electron chi connectivity index (χ4n) is 3.39. The number of thioether (sulfide) groups is 2. The van der Waals surface area contributed by atoms with Crippen molar-refractivity contribution in [3.8, 4) is 0 Å². The number of halogens is 1. The molecule has 1 saturated carbocycles. The van der Waals surface area contributed by atoms with Crippen LogP contribution in [0, 0.1) is 18.8 Å². The van der Waals surface area contributed by atoms with Gasteiger partial charge in [0.05, 0.1) is 0 Å². The quantitative estimate of drug-likeness (QED) is 0.215. The van der Waals surface area contributed by atoms with Gasteiger partial charge in [-0.2, -0.15) is 0 Å². The number of hydrogen-bond donors (Lipinski definition) is 3. The van der Waals surface area contributed by atoms with E-state index in [2.05, 4.69) is 28.9 Å². The molecule has 1 aromatic rings. The molecule has 163 valence electrons. The molecule has 1 aromatic heterocycles. The molecule has 1 aliphatic carbocycles. The van der Waals surface area contributed by atoms with Gasteiger partial charge >= 0.3 is 201 Å². The van der Waals surface area contributed by atoms with Crippen LogP contribution < -0.4 is 0 Å². The molecule has 0 spiro atoms.